The number of hydrogen-bond acceptors (Lipinski definition) is 3. The van der Waals surface area contributed by atoms with Gasteiger partial charge in [-0.1, -0.05) is 23.7 Å². The van der Waals surface area contributed by atoms with E-state index in [2.05, 4.69) is 4.98 Å². The molecule has 0 saturated carbocycles. The van der Waals surface area contributed by atoms with Crippen LogP contribution in [-0.4, -0.2) is 22.8 Å². The van der Waals surface area contributed by atoms with Gasteiger partial charge in [0.15, 0.2) is 0 Å². The van der Waals surface area contributed by atoms with E-state index in [0.29, 0.717) is 16.3 Å². The number of aromatic nitrogens is 1. The summed E-state index contributed by atoms with van der Waals surface area (Å²) in [5, 5.41) is 0.674. The first-order chi connectivity index (χ1) is 9.50. The van der Waals surface area contributed by atoms with Crippen LogP contribution in [0.25, 0.3) is 0 Å². The summed E-state index contributed by atoms with van der Waals surface area (Å²) in [6.45, 7) is 1.96. The highest BCUT2D eigenvalue weighted by Gasteiger charge is 2.20. The first-order valence-corrected chi connectivity index (χ1v) is 6.60. The lowest BCUT2D eigenvalue weighted by Crippen LogP contribution is -2.30. The molecule has 0 radical (unpaired) electrons. The molecule has 4 nitrogen and oxygen atoms in total. The molecule has 0 aliphatic rings. The van der Waals surface area contributed by atoms with Gasteiger partial charge < -0.3 is 10.6 Å². The van der Waals surface area contributed by atoms with E-state index in [-0.39, 0.29) is 11.9 Å². The number of rotatable bonds is 3. The van der Waals surface area contributed by atoms with E-state index in [4.69, 9.17) is 17.3 Å². The van der Waals surface area contributed by atoms with Gasteiger partial charge in [-0.05, 0) is 30.7 Å². The van der Waals surface area contributed by atoms with Crippen LogP contribution < -0.4 is 5.73 Å². The van der Waals surface area contributed by atoms with E-state index >= 15 is 0 Å². The van der Waals surface area contributed by atoms with Gasteiger partial charge in [-0.25, -0.2) is 0 Å². The number of amides is 1. The van der Waals surface area contributed by atoms with Crippen molar-refractivity contribution in [1.29, 1.82) is 0 Å². The van der Waals surface area contributed by atoms with E-state index in [9.17, 15) is 4.79 Å². The van der Waals surface area contributed by atoms with Crippen molar-refractivity contribution in [3.05, 3.63) is 58.9 Å². The Morgan fingerprint density at radius 1 is 1.30 bits per heavy atom. The second kappa shape index (κ2) is 5.92. The molecular weight excluding hydrogens is 274 g/mol. The molecule has 104 valence electrons. The SMILES string of the molecule is CC(c1ccc(Cl)cc1)N(C)C(=O)c1ccncc1N. The van der Waals surface area contributed by atoms with Crippen molar-refractivity contribution in [2.24, 2.45) is 0 Å². The third-order valence-electron chi connectivity index (χ3n) is 3.34. The van der Waals surface area contributed by atoms with Crippen LogP contribution in [0.1, 0.15) is 28.9 Å². The van der Waals surface area contributed by atoms with Gasteiger partial charge in [0.05, 0.1) is 23.5 Å². The third kappa shape index (κ3) is 2.91. The topological polar surface area (TPSA) is 59.2 Å². The lowest BCUT2D eigenvalue weighted by atomic mass is 10.1. The fourth-order valence-electron chi connectivity index (χ4n) is 1.93. The van der Waals surface area contributed by atoms with Crippen LogP contribution >= 0.6 is 11.6 Å². The monoisotopic (exact) mass is 289 g/mol. The maximum absolute atomic E-state index is 12.4. The van der Waals surface area contributed by atoms with Gasteiger partial charge in [0.2, 0.25) is 0 Å². The average Bonchev–Trinajstić information content (AvgIpc) is 2.46. The molecule has 1 atom stereocenters. The summed E-state index contributed by atoms with van der Waals surface area (Å²) < 4.78 is 0. The van der Waals surface area contributed by atoms with Crippen LogP contribution in [0.3, 0.4) is 0 Å². The van der Waals surface area contributed by atoms with Gasteiger partial charge in [-0.2, -0.15) is 0 Å². The number of nitrogens with two attached hydrogens (primary N) is 1. The van der Waals surface area contributed by atoms with E-state index in [0.717, 1.165) is 5.56 Å². The summed E-state index contributed by atoms with van der Waals surface area (Å²) in [4.78, 5) is 18.0. The number of carbonyl (C=O) groups excluding carboxylic acids is 1. The van der Waals surface area contributed by atoms with Crippen LogP contribution in [0.2, 0.25) is 5.02 Å². The highest BCUT2D eigenvalue weighted by atomic mass is 35.5. The Bertz CT molecular complexity index is 613. The van der Waals surface area contributed by atoms with E-state index in [1.807, 2.05) is 31.2 Å². The first-order valence-electron chi connectivity index (χ1n) is 6.23. The van der Waals surface area contributed by atoms with Crippen molar-refractivity contribution in [3.63, 3.8) is 0 Å². The Morgan fingerprint density at radius 3 is 2.55 bits per heavy atom. The fraction of sp³-hybridized carbons (Fsp3) is 0.200. The van der Waals surface area contributed by atoms with Gasteiger partial charge >= 0.3 is 0 Å². The van der Waals surface area contributed by atoms with Crippen molar-refractivity contribution in [3.8, 4) is 0 Å². The van der Waals surface area contributed by atoms with Crippen LogP contribution in [-0.2, 0) is 0 Å². The lowest BCUT2D eigenvalue weighted by Gasteiger charge is -2.26. The van der Waals surface area contributed by atoms with Crippen molar-refractivity contribution >= 4 is 23.2 Å². The smallest absolute Gasteiger partial charge is 0.256 e. The summed E-state index contributed by atoms with van der Waals surface area (Å²) in [5.74, 6) is -0.132. The van der Waals surface area contributed by atoms with E-state index in [1.165, 1.54) is 6.20 Å². The highest BCUT2D eigenvalue weighted by Crippen LogP contribution is 2.23. The Labute approximate surface area is 123 Å². The lowest BCUT2D eigenvalue weighted by molar-refractivity contribution is 0.0743. The van der Waals surface area contributed by atoms with Crippen molar-refractivity contribution in [2.75, 3.05) is 12.8 Å². The summed E-state index contributed by atoms with van der Waals surface area (Å²) in [5.41, 5.74) is 7.65. The largest absolute Gasteiger partial charge is 0.397 e. The quantitative estimate of drug-likeness (QED) is 0.944. The molecule has 0 spiro atoms. The van der Waals surface area contributed by atoms with Crippen molar-refractivity contribution in [2.45, 2.75) is 13.0 Å². The number of halogens is 1. The molecule has 0 aliphatic heterocycles. The molecule has 2 N–H and O–H groups in total. The fourth-order valence-corrected chi connectivity index (χ4v) is 2.06. The molecule has 0 fully saturated rings. The molecule has 1 aromatic carbocycles. The molecule has 0 bridgehead atoms. The minimum Gasteiger partial charge on any atom is -0.397 e. The van der Waals surface area contributed by atoms with Gasteiger partial charge in [-0.3, -0.25) is 9.78 Å². The highest BCUT2D eigenvalue weighted by molar-refractivity contribution is 6.30. The molecule has 1 aromatic heterocycles. The predicted octanol–water partition coefficient (Wildman–Crippen LogP) is 3.15. The predicted molar refractivity (Wildman–Crippen MR) is 80.6 cm³/mol. The summed E-state index contributed by atoms with van der Waals surface area (Å²) in [6.07, 6.45) is 3.04. The molecule has 5 heteroatoms. The molecule has 0 aliphatic carbocycles. The maximum atomic E-state index is 12.4. The summed E-state index contributed by atoms with van der Waals surface area (Å²) >= 11 is 5.87. The molecule has 20 heavy (non-hydrogen) atoms. The zero-order valence-corrected chi connectivity index (χ0v) is 12.1. The zero-order chi connectivity index (χ0) is 14.7. The van der Waals surface area contributed by atoms with Crippen LogP contribution in [0, 0.1) is 0 Å². The second-order valence-electron chi connectivity index (χ2n) is 4.61. The molecule has 1 unspecified atom stereocenters. The van der Waals surface area contributed by atoms with Gasteiger partial charge in [0, 0.05) is 18.3 Å². The molecule has 0 saturated heterocycles. The molecule has 2 rings (SSSR count). The molecule has 1 heterocycles. The number of pyridine rings is 1. The van der Waals surface area contributed by atoms with Crippen LogP contribution in [0.5, 0.6) is 0 Å². The number of nitrogen functional groups attached to an aromatic ring is 1. The van der Waals surface area contributed by atoms with E-state index in [1.54, 1.807) is 24.2 Å². The van der Waals surface area contributed by atoms with Crippen molar-refractivity contribution in [1.82, 2.24) is 9.88 Å². The maximum Gasteiger partial charge on any atom is 0.256 e. The number of benzene rings is 1. The van der Waals surface area contributed by atoms with Gasteiger partial charge in [0.25, 0.3) is 5.91 Å². The molecule has 1 amide bonds. The number of hydrogen-bond donors (Lipinski definition) is 1. The van der Waals surface area contributed by atoms with Gasteiger partial charge in [-0.15, -0.1) is 0 Å². The average molecular weight is 290 g/mol. The van der Waals surface area contributed by atoms with Crippen LogP contribution in [0.4, 0.5) is 5.69 Å². The number of carbonyl (C=O) groups is 1. The Kier molecular flexibility index (Phi) is 4.25. The van der Waals surface area contributed by atoms with E-state index < -0.39 is 0 Å². The van der Waals surface area contributed by atoms with Crippen LogP contribution in [0.15, 0.2) is 42.7 Å². The third-order valence-corrected chi connectivity index (χ3v) is 3.59. The normalized spacial score (nSPS) is 11.9. The minimum absolute atomic E-state index is 0.0765. The Balaban J connectivity index is 2.22. The van der Waals surface area contributed by atoms with Gasteiger partial charge in [0.1, 0.15) is 0 Å². The second-order valence-corrected chi connectivity index (χ2v) is 5.04. The molecule has 2 aromatic rings. The van der Waals surface area contributed by atoms with Crippen molar-refractivity contribution < 1.29 is 4.79 Å². The first kappa shape index (κ1) is 14.3. The standard InChI is InChI=1S/C15H16ClN3O/c1-10(11-3-5-12(16)6-4-11)19(2)15(20)13-7-8-18-9-14(13)17/h3-10H,17H2,1-2H3. The summed E-state index contributed by atoms with van der Waals surface area (Å²) in [6, 6.07) is 8.99. The zero-order valence-electron chi connectivity index (χ0n) is 11.4. The summed E-state index contributed by atoms with van der Waals surface area (Å²) in [7, 11) is 1.75. The Morgan fingerprint density at radius 2 is 1.95 bits per heavy atom. The number of anilines is 1. The number of nitrogens with zero attached hydrogens (tertiary/aromatic N) is 2. The molecular formula is C15H16ClN3O. The minimum atomic E-state index is -0.132. The Hall–Kier alpha value is -2.07.